The van der Waals surface area contributed by atoms with Crippen molar-refractivity contribution in [3.8, 4) is 0 Å². The topological polar surface area (TPSA) is 3.24 Å². The van der Waals surface area contributed by atoms with E-state index < -0.39 is 0 Å². The van der Waals surface area contributed by atoms with Crippen LogP contribution in [0.2, 0.25) is 0 Å². The molecule has 0 saturated carbocycles. The molecule has 0 radical (unpaired) electrons. The Morgan fingerprint density at radius 2 is 1.67 bits per heavy atom. The second-order valence-electron chi connectivity index (χ2n) is 3.97. The maximum absolute atomic E-state index is 3.65. The van der Waals surface area contributed by atoms with Crippen LogP contribution in [-0.4, -0.2) is 14.1 Å². The van der Waals surface area contributed by atoms with E-state index in [2.05, 4.69) is 72.2 Å². The van der Waals surface area contributed by atoms with Crippen molar-refractivity contribution in [3.63, 3.8) is 0 Å². The average molecular weight is 264 g/mol. The highest BCUT2D eigenvalue weighted by molar-refractivity contribution is 9.10. The second kappa shape index (κ2) is 3.86. The van der Waals surface area contributed by atoms with Crippen LogP contribution in [0.5, 0.6) is 0 Å². The number of hydrogen-bond donors (Lipinski definition) is 0. The van der Waals surface area contributed by atoms with E-state index in [4.69, 9.17) is 0 Å². The van der Waals surface area contributed by atoms with Crippen molar-refractivity contribution in [2.24, 2.45) is 0 Å². The number of aryl methyl sites for hydroxylation is 1. The van der Waals surface area contributed by atoms with Crippen molar-refractivity contribution in [1.29, 1.82) is 0 Å². The zero-order valence-electron chi connectivity index (χ0n) is 9.21. The van der Waals surface area contributed by atoms with Gasteiger partial charge in [0.1, 0.15) is 0 Å². The summed E-state index contributed by atoms with van der Waals surface area (Å²) in [5, 5.41) is 2.57. The molecular weight excluding hydrogens is 250 g/mol. The van der Waals surface area contributed by atoms with Crippen LogP contribution < -0.4 is 4.90 Å². The van der Waals surface area contributed by atoms with E-state index in [1.165, 1.54) is 26.5 Å². The van der Waals surface area contributed by atoms with E-state index in [-0.39, 0.29) is 0 Å². The normalized spacial score (nSPS) is 10.7. The van der Waals surface area contributed by atoms with E-state index >= 15 is 0 Å². The standard InChI is InChI=1S/C13H14BrN/c1-9-8-12(15(2)3)10-6-4-5-7-11(10)13(9)14/h4-8H,1-3H3. The van der Waals surface area contributed by atoms with Crippen molar-refractivity contribution < 1.29 is 0 Å². The molecule has 0 fully saturated rings. The fourth-order valence-electron chi connectivity index (χ4n) is 1.83. The summed E-state index contributed by atoms with van der Waals surface area (Å²) in [6.45, 7) is 2.13. The lowest BCUT2D eigenvalue weighted by atomic mass is 10.1. The minimum absolute atomic E-state index is 1.20. The lowest BCUT2D eigenvalue weighted by molar-refractivity contribution is 1.14. The number of benzene rings is 2. The fraction of sp³-hybridized carbons (Fsp3) is 0.231. The predicted octanol–water partition coefficient (Wildman–Crippen LogP) is 3.98. The Morgan fingerprint density at radius 3 is 2.27 bits per heavy atom. The van der Waals surface area contributed by atoms with E-state index in [0.29, 0.717) is 0 Å². The van der Waals surface area contributed by atoms with Crippen molar-refractivity contribution in [3.05, 3.63) is 40.4 Å². The van der Waals surface area contributed by atoms with Crippen LogP contribution in [0.4, 0.5) is 5.69 Å². The van der Waals surface area contributed by atoms with E-state index in [1.54, 1.807) is 0 Å². The van der Waals surface area contributed by atoms with E-state index in [9.17, 15) is 0 Å². The minimum Gasteiger partial charge on any atom is -0.377 e. The lowest BCUT2D eigenvalue weighted by Gasteiger charge is -2.17. The van der Waals surface area contributed by atoms with Gasteiger partial charge in [-0.1, -0.05) is 24.3 Å². The van der Waals surface area contributed by atoms with E-state index in [1.807, 2.05) is 0 Å². The molecule has 0 bridgehead atoms. The van der Waals surface area contributed by atoms with Gasteiger partial charge in [0.15, 0.2) is 0 Å². The van der Waals surface area contributed by atoms with Crippen LogP contribution in [-0.2, 0) is 0 Å². The first-order valence-corrected chi connectivity index (χ1v) is 5.75. The SMILES string of the molecule is Cc1cc(N(C)C)c2ccccc2c1Br. The molecule has 0 heterocycles. The molecule has 0 N–H and O–H groups in total. The van der Waals surface area contributed by atoms with Crippen molar-refractivity contribution in [2.45, 2.75) is 6.92 Å². The van der Waals surface area contributed by atoms with Crippen LogP contribution in [0.15, 0.2) is 34.8 Å². The summed E-state index contributed by atoms with van der Waals surface area (Å²) in [6, 6.07) is 10.7. The molecule has 2 aromatic rings. The Hall–Kier alpha value is -1.02. The Morgan fingerprint density at radius 1 is 1.07 bits per heavy atom. The van der Waals surface area contributed by atoms with Gasteiger partial charge in [-0.05, 0) is 39.9 Å². The molecule has 78 valence electrons. The summed E-state index contributed by atoms with van der Waals surface area (Å²) in [5.74, 6) is 0. The first-order chi connectivity index (χ1) is 7.11. The van der Waals surface area contributed by atoms with Gasteiger partial charge in [0, 0.05) is 29.6 Å². The molecule has 0 aliphatic carbocycles. The molecule has 0 saturated heterocycles. The van der Waals surface area contributed by atoms with E-state index in [0.717, 1.165) is 0 Å². The predicted molar refractivity (Wildman–Crippen MR) is 70.7 cm³/mol. The van der Waals surface area contributed by atoms with Gasteiger partial charge >= 0.3 is 0 Å². The summed E-state index contributed by atoms with van der Waals surface area (Å²) in [7, 11) is 4.16. The Bertz CT molecular complexity index is 503. The smallest absolute Gasteiger partial charge is 0.0444 e. The number of anilines is 1. The summed E-state index contributed by atoms with van der Waals surface area (Å²) in [5.41, 5.74) is 2.55. The molecule has 1 nitrogen and oxygen atoms in total. The minimum atomic E-state index is 1.20. The molecular formula is C13H14BrN. The molecule has 0 aliphatic rings. The first-order valence-electron chi connectivity index (χ1n) is 4.96. The molecule has 0 spiro atoms. The van der Waals surface area contributed by atoms with Gasteiger partial charge in [0.05, 0.1) is 0 Å². The van der Waals surface area contributed by atoms with Gasteiger partial charge in [0.2, 0.25) is 0 Å². The number of halogens is 1. The number of hydrogen-bond acceptors (Lipinski definition) is 1. The lowest BCUT2D eigenvalue weighted by Crippen LogP contribution is -2.09. The highest BCUT2D eigenvalue weighted by Gasteiger charge is 2.08. The third-order valence-corrected chi connectivity index (χ3v) is 3.67. The summed E-state index contributed by atoms with van der Waals surface area (Å²) >= 11 is 3.65. The molecule has 15 heavy (non-hydrogen) atoms. The first kappa shape index (κ1) is 10.5. The molecule has 2 rings (SSSR count). The third-order valence-electron chi connectivity index (χ3n) is 2.62. The van der Waals surface area contributed by atoms with Gasteiger partial charge in [-0.15, -0.1) is 0 Å². The van der Waals surface area contributed by atoms with Crippen LogP contribution in [0, 0.1) is 6.92 Å². The zero-order valence-corrected chi connectivity index (χ0v) is 10.8. The Kier molecular flexibility index (Phi) is 2.70. The maximum atomic E-state index is 3.65. The summed E-state index contributed by atoms with van der Waals surface area (Å²) in [6.07, 6.45) is 0. The van der Waals surface area contributed by atoms with Gasteiger partial charge < -0.3 is 4.90 Å². The molecule has 0 unspecified atom stereocenters. The second-order valence-corrected chi connectivity index (χ2v) is 4.76. The highest BCUT2D eigenvalue weighted by Crippen LogP contribution is 2.34. The molecule has 0 atom stereocenters. The molecule has 2 heteroatoms. The van der Waals surface area contributed by atoms with Crippen LogP contribution >= 0.6 is 15.9 Å². The van der Waals surface area contributed by atoms with Crippen LogP contribution in [0.3, 0.4) is 0 Å². The Balaban J connectivity index is 2.88. The Labute approximate surface area is 98.8 Å². The van der Waals surface area contributed by atoms with Crippen molar-refractivity contribution >= 4 is 32.4 Å². The van der Waals surface area contributed by atoms with Gasteiger partial charge in [0.25, 0.3) is 0 Å². The summed E-state index contributed by atoms with van der Waals surface area (Å²) < 4.78 is 1.20. The zero-order chi connectivity index (χ0) is 11.0. The fourth-order valence-corrected chi connectivity index (χ4v) is 2.29. The molecule has 0 aromatic heterocycles. The quantitative estimate of drug-likeness (QED) is 0.753. The number of rotatable bonds is 1. The van der Waals surface area contributed by atoms with Crippen LogP contribution in [0.1, 0.15) is 5.56 Å². The molecule has 0 aliphatic heterocycles. The van der Waals surface area contributed by atoms with Gasteiger partial charge in [-0.3, -0.25) is 0 Å². The largest absolute Gasteiger partial charge is 0.377 e. The van der Waals surface area contributed by atoms with Crippen molar-refractivity contribution in [1.82, 2.24) is 0 Å². The molecule has 0 amide bonds. The third kappa shape index (κ3) is 1.74. The maximum Gasteiger partial charge on any atom is 0.0444 e. The van der Waals surface area contributed by atoms with Crippen molar-refractivity contribution in [2.75, 3.05) is 19.0 Å². The number of nitrogens with zero attached hydrogens (tertiary/aromatic N) is 1. The monoisotopic (exact) mass is 263 g/mol. The summed E-state index contributed by atoms with van der Waals surface area (Å²) in [4.78, 5) is 2.15. The number of fused-ring (bicyclic) bond motifs is 1. The van der Waals surface area contributed by atoms with Gasteiger partial charge in [-0.25, -0.2) is 0 Å². The van der Waals surface area contributed by atoms with Crippen LogP contribution in [0.25, 0.3) is 10.8 Å². The highest BCUT2D eigenvalue weighted by atomic mass is 79.9. The average Bonchev–Trinajstić information content (AvgIpc) is 2.23. The van der Waals surface area contributed by atoms with Gasteiger partial charge in [-0.2, -0.15) is 0 Å². The molecule has 2 aromatic carbocycles.